The molecule has 1 atom stereocenters. The van der Waals surface area contributed by atoms with Gasteiger partial charge in [0.25, 0.3) is 0 Å². The zero-order valence-electron chi connectivity index (χ0n) is 21.0. The molecule has 0 aliphatic carbocycles. The number of hydrogen-bond donors (Lipinski definition) is 1. The van der Waals surface area contributed by atoms with Crippen LogP contribution in [0.5, 0.6) is 5.75 Å². The van der Waals surface area contributed by atoms with E-state index < -0.39 is 0 Å². The first kappa shape index (κ1) is 24.5. The van der Waals surface area contributed by atoms with E-state index in [-0.39, 0.29) is 6.10 Å². The zero-order valence-corrected chi connectivity index (χ0v) is 22.6. The van der Waals surface area contributed by atoms with Crippen LogP contribution >= 0.6 is 23.2 Å². The number of pyridine rings is 2. The van der Waals surface area contributed by atoms with E-state index in [4.69, 9.17) is 32.9 Å². The van der Waals surface area contributed by atoms with Crippen molar-refractivity contribution in [1.82, 2.24) is 25.1 Å². The summed E-state index contributed by atoms with van der Waals surface area (Å²) in [5, 5.41) is 9.64. The molecular formula is C28H30Cl2N6O. The first-order chi connectivity index (χ1) is 17.9. The van der Waals surface area contributed by atoms with Crippen LogP contribution in [-0.2, 0) is 0 Å². The van der Waals surface area contributed by atoms with Crippen molar-refractivity contribution in [2.24, 2.45) is 5.41 Å². The lowest BCUT2D eigenvalue weighted by atomic mass is 9.78. The average Bonchev–Trinajstić information content (AvgIpc) is 3.47. The van der Waals surface area contributed by atoms with E-state index in [1.807, 2.05) is 31.3 Å². The minimum atomic E-state index is -0.343. The van der Waals surface area contributed by atoms with E-state index in [2.05, 4.69) is 44.2 Å². The van der Waals surface area contributed by atoms with E-state index in [0.717, 1.165) is 41.1 Å². The van der Waals surface area contributed by atoms with Gasteiger partial charge in [0.1, 0.15) is 23.4 Å². The van der Waals surface area contributed by atoms with Crippen LogP contribution in [0.3, 0.4) is 0 Å². The van der Waals surface area contributed by atoms with Crippen molar-refractivity contribution in [2.75, 3.05) is 38.1 Å². The molecule has 0 bridgehead atoms. The number of nitrogens with zero attached hydrogens (tertiary/aromatic N) is 5. The maximum Gasteiger partial charge on any atom is 0.128 e. The lowest BCUT2D eigenvalue weighted by Crippen LogP contribution is -2.41. The summed E-state index contributed by atoms with van der Waals surface area (Å²) in [4.78, 5) is 13.7. The number of likely N-dealkylation sites (tertiary alicyclic amines) is 1. The molecule has 9 heteroatoms. The SMILES string of the molecule is CC(Oc1ccc2[nH]nc(-c3ccc(N4CCC5(CCN(C)C5)CC4)nc3)c2c1)c1c(Cl)cncc1Cl. The first-order valence-corrected chi connectivity index (χ1v) is 13.5. The number of anilines is 1. The molecule has 37 heavy (non-hydrogen) atoms. The van der Waals surface area contributed by atoms with Gasteiger partial charge in [0, 0.05) is 54.7 Å². The van der Waals surface area contributed by atoms with Gasteiger partial charge in [0.15, 0.2) is 0 Å². The Bertz CT molecular complexity index is 1390. The zero-order chi connectivity index (χ0) is 25.6. The molecule has 1 N–H and O–H groups in total. The third-order valence-electron chi connectivity index (χ3n) is 7.94. The molecule has 1 spiro atoms. The van der Waals surface area contributed by atoms with Crippen LogP contribution in [0.1, 0.15) is 37.9 Å². The summed E-state index contributed by atoms with van der Waals surface area (Å²) in [6, 6.07) is 10.1. The average molecular weight is 537 g/mol. The number of aromatic nitrogens is 4. The van der Waals surface area contributed by atoms with E-state index in [1.165, 1.54) is 32.4 Å². The van der Waals surface area contributed by atoms with Crippen LogP contribution < -0.4 is 9.64 Å². The van der Waals surface area contributed by atoms with Crippen LogP contribution in [-0.4, -0.2) is 58.3 Å². The van der Waals surface area contributed by atoms with Gasteiger partial charge in [0.2, 0.25) is 0 Å². The molecule has 0 amide bonds. The molecule has 5 heterocycles. The molecule has 1 unspecified atom stereocenters. The number of benzene rings is 1. The van der Waals surface area contributed by atoms with Gasteiger partial charge in [-0.2, -0.15) is 5.10 Å². The standard InChI is InChI=1S/C28H30Cl2N6O/c1-18(26-22(29)15-31-16-23(26)30)37-20-4-5-24-21(13-20)27(34-33-24)19-3-6-25(32-14-19)36-11-8-28(9-12-36)7-10-35(2)17-28/h3-6,13-16,18H,7-12,17H2,1-2H3,(H,33,34). The number of hydrogen-bond acceptors (Lipinski definition) is 6. The number of piperidine rings is 1. The predicted octanol–water partition coefficient (Wildman–Crippen LogP) is 6.39. The molecular weight excluding hydrogens is 507 g/mol. The van der Waals surface area contributed by atoms with E-state index in [9.17, 15) is 0 Å². The molecule has 0 saturated carbocycles. The summed E-state index contributed by atoms with van der Waals surface area (Å²) >= 11 is 12.7. The van der Waals surface area contributed by atoms with Crippen molar-refractivity contribution >= 4 is 39.9 Å². The fourth-order valence-corrected chi connectivity index (χ4v) is 6.52. The van der Waals surface area contributed by atoms with Crippen LogP contribution in [0, 0.1) is 5.41 Å². The molecule has 1 aromatic carbocycles. The van der Waals surface area contributed by atoms with E-state index >= 15 is 0 Å². The minimum absolute atomic E-state index is 0.343. The molecule has 0 radical (unpaired) electrons. The lowest BCUT2D eigenvalue weighted by Gasteiger charge is -2.39. The van der Waals surface area contributed by atoms with Crippen molar-refractivity contribution in [3.05, 3.63) is 64.5 Å². The normalized spacial score (nSPS) is 18.5. The Kier molecular flexibility index (Phi) is 6.47. The van der Waals surface area contributed by atoms with Gasteiger partial charge >= 0.3 is 0 Å². The Morgan fingerprint density at radius 1 is 1.00 bits per heavy atom. The maximum absolute atomic E-state index is 6.33. The lowest BCUT2D eigenvalue weighted by molar-refractivity contribution is 0.222. The van der Waals surface area contributed by atoms with Crippen molar-refractivity contribution < 1.29 is 4.74 Å². The topological polar surface area (TPSA) is 70.2 Å². The molecule has 6 rings (SSSR count). The summed E-state index contributed by atoms with van der Waals surface area (Å²) < 4.78 is 6.21. The van der Waals surface area contributed by atoms with E-state index in [1.54, 1.807) is 12.4 Å². The van der Waals surface area contributed by atoms with Crippen molar-refractivity contribution in [2.45, 2.75) is 32.3 Å². The molecule has 7 nitrogen and oxygen atoms in total. The Labute approximate surface area is 226 Å². The number of rotatable bonds is 5. The van der Waals surface area contributed by atoms with E-state index in [0.29, 0.717) is 26.8 Å². The maximum atomic E-state index is 6.33. The summed E-state index contributed by atoms with van der Waals surface area (Å²) in [6.45, 7) is 6.50. The molecule has 2 fully saturated rings. The highest BCUT2D eigenvalue weighted by Gasteiger charge is 2.39. The highest BCUT2D eigenvalue weighted by molar-refractivity contribution is 6.35. The van der Waals surface area contributed by atoms with Crippen LogP contribution in [0.2, 0.25) is 10.0 Å². The largest absolute Gasteiger partial charge is 0.486 e. The smallest absolute Gasteiger partial charge is 0.128 e. The van der Waals surface area contributed by atoms with Gasteiger partial charge in [-0.1, -0.05) is 23.2 Å². The Morgan fingerprint density at radius 2 is 1.76 bits per heavy atom. The third kappa shape index (κ3) is 4.76. The Balaban J connectivity index is 1.19. The van der Waals surface area contributed by atoms with Gasteiger partial charge < -0.3 is 14.5 Å². The number of H-pyrrole nitrogens is 1. The fraction of sp³-hybridized carbons (Fsp3) is 0.393. The summed E-state index contributed by atoms with van der Waals surface area (Å²) in [5.41, 5.74) is 3.96. The molecule has 3 aromatic heterocycles. The second-order valence-corrected chi connectivity index (χ2v) is 11.3. The number of ether oxygens (including phenoxy) is 1. The van der Waals surface area contributed by atoms with Gasteiger partial charge in [-0.15, -0.1) is 0 Å². The summed E-state index contributed by atoms with van der Waals surface area (Å²) in [7, 11) is 2.24. The monoisotopic (exact) mass is 536 g/mol. The summed E-state index contributed by atoms with van der Waals surface area (Å²) in [6.07, 6.45) is 8.53. The van der Waals surface area contributed by atoms with Gasteiger partial charge in [-0.3, -0.25) is 10.1 Å². The second-order valence-electron chi connectivity index (χ2n) is 10.4. The van der Waals surface area contributed by atoms with Gasteiger partial charge in [-0.25, -0.2) is 4.98 Å². The Hall–Kier alpha value is -2.87. The minimum Gasteiger partial charge on any atom is -0.486 e. The summed E-state index contributed by atoms with van der Waals surface area (Å²) in [5.74, 6) is 1.74. The molecule has 4 aromatic rings. The first-order valence-electron chi connectivity index (χ1n) is 12.7. The highest BCUT2D eigenvalue weighted by Crippen LogP contribution is 2.41. The highest BCUT2D eigenvalue weighted by atomic mass is 35.5. The molecule has 192 valence electrons. The van der Waals surface area contributed by atoms with Crippen molar-refractivity contribution in [3.63, 3.8) is 0 Å². The van der Waals surface area contributed by atoms with Crippen LogP contribution in [0.15, 0.2) is 48.9 Å². The predicted molar refractivity (Wildman–Crippen MR) is 149 cm³/mol. The molecule has 2 aliphatic rings. The van der Waals surface area contributed by atoms with Crippen molar-refractivity contribution in [3.8, 4) is 17.0 Å². The molecule has 2 aliphatic heterocycles. The Morgan fingerprint density at radius 3 is 2.43 bits per heavy atom. The number of nitrogens with one attached hydrogen (secondary N) is 1. The quantitative estimate of drug-likeness (QED) is 0.318. The third-order valence-corrected chi connectivity index (χ3v) is 8.55. The van der Waals surface area contributed by atoms with Crippen LogP contribution in [0.25, 0.3) is 22.2 Å². The van der Waals surface area contributed by atoms with Gasteiger partial charge in [-0.05, 0) is 75.5 Å². The van der Waals surface area contributed by atoms with Crippen molar-refractivity contribution in [1.29, 1.82) is 0 Å². The second kappa shape index (κ2) is 9.78. The molecule has 2 saturated heterocycles. The number of halogens is 2. The fourth-order valence-electron chi connectivity index (χ4n) is 5.85. The number of fused-ring (bicyclic) bond motifs is 1. The van der Waals surface area contributed by atoms with Crippen LogP contribution in [0.4, 0.5) is 5.82 Å². The van der Waals surface area contributed by atoms with Gasteiger partial charge in [0.05, 0.1) is 15.6 Å². The number of aromatic amines is 1.